The van der Waals surface area contributed by atoms with Crippen molar-refractivity contribution >= 4 is 18.0 Å². The summed E-state index contributed by atoms with van der Waals surface area (Å²) in [5.41, 5.74) is -0.727. The zero-order chi connectivity index (χ0) is 21.7. The van der Waals surface area contributed by atoms with Gasteiger partial charge in [0.15, 0.2) is 5.82 Å². The van der Waals surface area contributed by atoms with Crippen LogP contribution >= 0.6 is 0 Å². The fourth-order valence-corrected chi connectivity index (χ4v) is 2.58. The zero-order valence-electron chi connectivity index (χ0n) is 16.3. The molecule has 0 radical (unpaired) electrons. The number of hydrogen-bond donors (Lipinski definition) is 1. The molecule has 0 spiro atoms. The topological polar surface area (TPSA) is 90.6 Å². The lowest BCUT2D eigenvalue weighted by Crippen LogP contribution is -2.24. The van der Waals surface area contributed by atoms with Gasteiger partial charge < -0.3 is 14.8 Å². The summed E-state index contributed by atoms with van der Waals surface area (Å²) >= 11 is 0. The van der Waals surface area contributed by atoms with Crippen LogP contribution in [0.5, 0.6) is 5.75 Å². The highest BCUT2D eigenvalue weighted by Crippen LogP contribution is 2.35. The van der Waals surface area contributed by atoms with E-state index in [1.165, 1.54) is 23.3 Å². The number of carbonyl (C=O) groups is 1. The SMILES string of the molecule is CC(C)Oc1cc(-c2ncn(/C=C\C(=O)OCC3=NCCN3)n2)cc(C(F)(F)F)c1. The van der Waals surface area contributed by atoms with Crippen LogP contribution in [-0.2, 0) is 15.7 Å². The number of aliphatic imine (C=N–C) groups is 1. The predicted octanol–water partition coefficient (Wildman–Crippen LogP) is 2.77. The maximum Gasteiger partial charge on any atom is 0.416 e. The number of hydrogen-bond acceptors (Lipinski definition) is 7. The molecule has 1 aliphatic rings. The molecule has 0 atom stereocenters. The molecule has 30 heavy (non-hydrogen) atoms. The number of alkyl halides is 3. The number of rotatable bonds is 7. The molecule has 1 aliphatic heterocycles. The highest BCUT2D eigenvalue weighted by Gasteiger charge is 2.32. The fourth-order valence-electron chi connectivity index (χ4n) is 2.58. The molecule has 0 unspecified atom stereocenters. The summed E-state index contributed by atoms with van der Waals surface area (Å²) in [5, 5.41) is 7.05. The molecule has 3 rings (SSSR count). The highest BCUT2D eigenvalue weighted by molar-refractivity contribution is 5.90. The number of esters is 1. The van der Waals surface area contributed by atoms with Gasteiger partial charge in [0.1, 0.15) is 24.5 Å². The van der Waals surface area contributed by atoms with Gasteiger partial charge in [0.25, 0.3) is 0 Å². The van der Waals surface area contributed by atoms with Crippen LogP contribution < -0.4 is 10.1 Å². The van der Waals surface area contributed by atoms with Gasteiger partial charge in [-0.2, -0.15) is 13.2 Å². The first-order chi connectivity index (χ1) is 14.2. The molecule has 1 aromatic heterocycles. The number of amidine groups is 1. The van der Waals surface area contributed by atoms with Gasteiger partial charge in [-0.25, -0.2) is 14.5 Å². The van der Waals surface area contributed by atoms with E-state index in [9.17, 15) is 18.0 Å². The van der Waals surface area contributed by atoms with Crippen molar-refractivity contribution in [1.29, 1.82) is 0 Å². The van der Waals surface area contributed by atoms with Gasteiger partial charge in [0, 0.05) is 24.4 Å². The largest absolute Gasteiger partial charge is 0.491 e. The van der Waals surface area contributed by atoms with Gasteiger partial charge in [-0.3, -0.25) is 4.99 Å². The number of nitrogens with one attached hydrogen (secondary N) is 1. The van der Waals surface area contributed by atoms with E-state index < -0.39 is 17.7 Å². The van der Waals surface area contributed by atoms with Crippen LogP contribution in [-0.4, -0.2) is 52.4 Å². The second kappa shape index (κ2) is 8.97. The van der Waals surface area contributed by atoms with Crippen molar-refractivity contribution in [2.24, 2.45) is 4.99 Å². The van der Waals surface area contributed by atoms with Crippen molar-refractivity contribution < 1.29 is 27.4 Å². The van der Waals surface area contributed by atoms with Crippen molar-refractivity contribution in [3.05, 3.63) is 36.2 Å². The van der Waals surface area contributed by atoms with E-state index in [0.29, 0.717) is 18.9 Å². The summed E-state index contributed by atoms with van der Waals surface area (Å²) in [4.78, 5) is 19.9. The molecule has 0 fully saturated rings. The van der Waals surface area contributed by atoms with Gasteiger partial charge in [0.05, 0.1) is 18.2 Å². The average Bonchev–Trinajstić information content (AvgIpc) is 3.35. The normalized spacial score (nSPS) is 14.1. The molecule has 8 nitrogen and oxygen atoms in total. The van der Waals surface area contributed by atoms with Crippen LogP contribution in [0.15, 0.2) is 35.6 Å². The summed E-state index contributed by atoms with van der Waals surface area (Å²) in [5.74, 6) is 0.102. The van der Waals surface area contributed by atoms with E-state index in [1.54, 1.807) is 13.8 Å². The van der Waals surface area contributed by atoms with Crippen LogP contribution in [0.25, 0.3) is 17.6 Å². The smallest absolute Gasteiger partial charge is 0.416 e. The standard InChI is InChI=1S/C19H20F3N5O3/c1-12(2)30-15-8-13(7-14(9-15)19(20,21)22)18-25-11-27(26-18)6-3-17(28)29-10-16-23-4-5-24-16/h3,6-9,11-12H,4-5,10H2,1-2H3,(H,23,24)/b6-3-. The second-order valence-corrected chi connectivity index (χ2v) is 6.64. The molecule has 0 saturated heterocycles. The lowest BCUT2D eigenvalue weighted by molar-refractivity contribution is -0.138. The third-order valence-electron chi connectivity index (χ3n) is 3.83. The van der Waals surface area contributed by atoms with E-state index in [2.05, 4.69) is 20.4 Å². The molecule has 2 heterocycles. The van der Waals surface area contributed by atoms with Crippen molar-refractivity contribution in [3.8, 4) is 17.1 Å². The maximum atomic E-state index is 13.2. The summed E-state index contributed by atoms with van der Waals surface area (Å²) in [7, 11) is 0. The highest BCUT2D eigenvalue weighted by atomic mass is 19.4. The van der Waals surface area contributed by atoms with Crippen LogP contribution in [0.4, 0.5) is 13.2 Å². The van der Waals surface area contributed by atoms with Crippen LogP contribution in [0.3, 0.4) is 0 Å². The molecule has 1 aromatic carbocycles. The average molecular weight is 423 g/mol. The number of benzene rings is 1. The van der Waals surface area contributed by atoms with Crippen LogP contribution in [0.1, 0.15) is 19.4 Å². The predicted molar refractivity (Wildman–Crippen MR) is 103 cm³/mol. The van der Waals surface area contributed by atoms with E-state index in [-0.39, 0.29) is 29.8 Å². The Kier molecular flexibility index (Phi) is 6.38. The number of ether oxygens (including phenoxy) is 2. The van der Waals surface area contributed by atoms with Gasteiger partial charge >= 0.3 is 12.1 Å². The Bertz CT molecular complexity index is 967. The zero-order valence-corrected chi connectivity index (χ0v) is 16.3. The number of nitrogens with zero attached hydrogens (tertiary/aromatic N) is 4. The molecular weight excluding hydrogens is 403 g/mol. The van der Waals surface area contributed by atoms with Gasteiger partial charge in [-0.1, -0.05) is 0 Å². The first-order valence-electron chi connectivity index (χ1n) is 9.13. The number of aromatic nitrogens is 3. The Morgan fingerprint density at radius 2 is 2.13 bits per heavy atom. The van der Waals surface area contributed by atoms with E-state index in [0.717, 1.165) is 18.2 Å². The van der Waals surface area contributed by atoms with Gasteiger partial charge in [-0.15, -0.1) is 5.10 Å². The molecule has 0 amide bonds. The van der Waals surface area contributed by atoms with Crippen molar-refractivity contribution in [3.63, 3.8) is 0 Å². The molecule has 1 N–H and O–H groups in total. The minimum absolute atomic E-state index is 0.0364. The van der Waals surface area contributed by atoms with Crippen LogP contribution in [0, 0.1) is 0 Å². The third kappa shape index (κ3) is 5.82. The molecule has 11 heteroatoms. The minimum atomic E-state index is -4.55. The molecule has 2 aromatic rings. The Morgan fingerprint density at radius 3 is 2.80 bits per heavy atom. The summed E-state index contributed by atoms with van der Waals surface area (Å²) in [6, 6.07) is 3.31. The van der Waals surface area contributed by atoms with E-state index >= 15 is 0 Å². The number of carbonyl (C=O) groups excluding carboxylic acids is 1. The van der Waals surface area contributed by atoms with Crippen LogP contribution in [0.2, 0.25) is 0 Å². The molecule has 0 bridgehead atoms. The molecule has 160 valence electrons. The fraction of sp³-hybridized carbons (Fsp3) is 0.368. The Labute approximate surface area is 170 Å². The third-order valence-corrected chi connectivity index (χ3v) is 3.83. The summed E-state index contributed by atoms with van der Waals surface area (Å²) in [6.45, 7) is 4.82. The van der Waals surface area contributed by atoms with Crippen molar-refractivity contribution in [2.45, 2.75) is 26.1 Å². The van der Waals surface area contributed by atoms with E-state index in [1.807, 2.05) is 0 Å². The minimum Gasteiger partial charge on any atom is -0.491 e. The summed E-state index contributed by atoms with van der Waals surface area (Å²) < 4.78 is 51.3. The van der Waals surface area contributed by atoms with Gasteiger partial charge in [-0.05, 0) is 32.0 Å². The molecule has 0 aliphatic carbocycles. The molecule has 0 saturated carbocycles. The quantitative estimate of drug-likeness (QED) is 0.544. The Balaban J connectivity index is 1.73. The lowest BCUT2D eigenvalue weighted by Gasteiger charge is -2.14. The first kappa shape index (κ1) is 21.3. The van der Waals surface area contributed by atoms with E-state index in [4.69, 9.17) is 9.47 Å². The van der Waals surface area contributed by atoms with Gasteiger partial charge in [0.2, 0.25) is 0 Å². The monoisotopic (exact) mass is 423 g/mol. The maximum absolute atomic E-state index is 13.2. The Morgan fingerprint density at radius 1 is 1.33 bits per heavy atom. The summed E-state index contributed by atoms with van der Waals surface area (Å²) in [6.07, 6.45) is -1.15. The van der Waals surface area contributed by atoms with Crippen molar-refractivity contribution in [1.82, 2.24) is 20.1 Å². The first-order valence-corrected chi connectivity index (χ1v) is 9.13. The second-order valence-electron chi connectivity index (χ2n) is 6.64. The number of halogens is 3. The molecular formula is C19H20F3N5O3. The Hall–Kier alpha value is -3.37. The van der Waals surface area contributed by atoms with Crippen molar-refractivity contribution in [2.75, 3.05) is 19.7 Å². The lowest BCUT2D eigenvalue weighted by atomic mass is 10.1.